The van der Waals surface area contributed by atoms with Gasteiger partial charge in [0.1, 0.15) is 11.7 Å². The van der Waals surface area contributed by atoms with Gasteiger partial charge in [0.05, 0.1) is 11.6 Å². The largest absolute Gasteiger partial charge is 0.490 e. The Labute approximate surface area is 91.3 Å². The van der Waals surface area contributed by atoms with E-state index in [1.54, 1.807) is 0 Å². The average molecular weight is 230 g/mol. The van der Waals surface area contributed by atoms with Gasteiger partial charge in [-0.1, -0.05) is 0 Å². The van der Waals surface area contributed by atoms with Crippen LogP contribution >= 0.6 is 11.6 Å². The zero-order chi connectivity index (χ0) is 11.4. The zero-order valence-electron chi connectivity index (χ0n) is 7.69. The van der Waals surface area contributed by atoms with Crippen LogP contribution in [0, 0.1) is 5.82 Å². The maximum atomic E-state index is 12.8. The Morgan fingerprint density at radius 1 is 1.53 bits per heavy atom. The maximum Gasteiger partial charge on any atom is 0.490 e. The highest BCUT2D eigenvalue weighted by molar-refractivity contribution is 6.60. The number of hydrogen-bond donors (Lipinski definition) is 3. The number of hydrogen-bond acceptors (Lipinski definition) is 3. The first-order valence-corrected chi connectivity index (χ1v) is 4.62. The fourth-order valence-electron chi connectivity index (χ4n) is 1.02. The SMILES string of the molecule is NC(CCl)=Nc1ccc(F)cc1B(O)O. The monoisotopic (exact) mass is 230 g/mol. The van der Waals surface area contributed by atoms with Crippen LogP contribution in [0.15, 0.2) is 23.2 Å². The lowest BCUT2D eigenvalue weighted by molar-refractivity contribution is 0.425. The Hall–Kier alpha value is -1.11. The molecule has 0 aliphatic heterocycles. The molecule has 0 radical (unpaired) electrons. The second-order valence-electron chi connectivity index (χ2n) is 2.81. The lowest BCUT2D eigenvalue weighted by Gasteiger charge is -2.05. The van der Waals surface area contributed by atoms with Crippen LogP contribution in [-0.2, 0) is 0 Å². The molecule has 0 saturated carbocycles. The summed E-state index contributed by atoms with van der Waals surface area (Å²) in [4.78, 5) is 3.82. The number of aliphatic imine (C=N–C) groups is 1. The molecule has 0 saturated heterocycles. The summed E-state index contributed by atoms with van der Waals surface area (Å²) in [5, 5.41) is 17.9. The fourth-order valence-corrected chi connectivity index (χ4v) is 1.08. The molecule has 80 valence electrons. The van der Waals surface area contributed by atoms with Crippen molar-refractivity contribution in [2.45, 2.75) is 0 Å². The minimum Gasteiger partial charge on any atom is -0.423 e. The number of alkyl halides is 1. The Morgan fingerprint density at radius 3 is 2.73 bits per heavy atom. The molecule has 0 heterocycles. The van der Waals surface area contributed by atoms with Gasteiger partial charge in [-0.15, -0.1) is 11.6 Å². The smallest absolute Gasteiger partial charge is 0.423 e. The van der Waals surface area contributed by atoms with Gasteiger partial charge in [0.15, 0.2) is 0 Å². The van der Waals surface area contributed by atoms with Gasteiger partial charge in [0.2, 0.25) is 0 Å². The van der Waals surface area contributed by atoms with E-state index in [9.17, 15) is 4.39 Å². The normalized spacial score (nSPS) is 11.6. The van der Waals surface area contributed by atoms with Crippen molar-refractivity contribution in [3.8, 4) is 0 Å². The molecule has 1 aromatic carbocycles. The summed E-state index contributed by atoms with van der Waals surface area (Å²) < 4.78 is 12.8. The molecule has 0 bridgehead atoms. The van der Waals surface area contributed by atoms with E-state index in [0.29, 0.717) is 0 Å². The van der Waals surface area contributed by atoms with E-state index in [0.717, 1.165) is 12.1 Å². The van der Waals surface area contributed by atoms with Crippen molar-refractivity contribution in [3.63, 3.8) is 0 Å². The maximum absolute atomic E-state index is 12.8. The van der Waals surface area contributed by atoms with Gasteiger partial charge in [-0.3, -0.25) is 0 Å². The highest BCUT2D eigenvalue weighted by atomic mass is 35.5. The molecular weight excluding hydrogens is 221 g/mol. The minimum atomic E-state index is -1.80. The first kappa shape index (κ1) is 12.0. The Bertz CT molecular complexity index is 387. The molecule has 0 amide bonds. The quantitative estimate of drug-likeness (QED) is 0.289. The van der Waals surface area contributed by atoms with E-state index < -0.39 is 12.9 Å². The third-order valence-electron chi connectivity index (χ3n) is 1.67. The molecule has 1 rings (SSSR count). The molecule has 0 fully saturated rings. The van der Waals surface area contributed by atoms with Crippen LogP contribution < -0.4 is 11.2 Å². The van der Waals surface area contributed by atoms with Crippen LogP contribution in [0.1, 0.15) is 0 Å². The summed E-state index contributed by atoms with van der Waals surface area (Å²) in [6.07, 6.45) is 0. The van der Waals surface area contributed by atoms with Gasteiger partial charge >= 0.3 is 7.12 Å². The summed E-state index contributed by atoms with van der Waals surface area (Å²) in [5.41, 5.74) is 5.51. The van der Waals surface area contributed by atoms with Crippen molar-refractivity contribution in [2.24, 2.45) is 10.7 Å². The molecule has 4 nitrogen and oxygen atoms in total. The Balaban J connectivity index is 3.17. The number of halogens is 2. The standard InChI is InChI=1S/C8H9BClFN2O2/c10-4-8(12)13-7-2-1-5(11)3-6(7)9(14)15/h1-3,14-15H,4H2,(H2,12,13). The highest BCUT2D eigenvalue weighted by Crippen LogP contribution is 2.10. The molecule has 1 aromatic rings. The lowest BCUT2D eigenvalue weighted by atomic mass is 9.79. The van der Waals surface area contributed by atoms with Crippen LogP contribution in [-0.4, -0.2) is 28.9 Å². The van der Waals surface area contributed by atoms with E-state index in [2.05, 4.69) is 4.99 Å². The molecule has 0 aromatic heterocycles. The molecule has 15 heavy (non-hydrogen) atoms. The van der Waals surface area contributed by atoms with E-state index in [1.807, 2.05) is 0 Å². The Morgan fingerprint density at radius 2 is 2.20 bits per heavy atom. The van der Waals surface area contributed by atoms with Crippen LogP contribution in [0.5, 0.6) is 0 Å². The molecule has 0 unspecified atom stereocenters. The van der Waals surface area contributed by atoms with Crippen molar-refractivity contribution in [1.82, 2.24) is 0 Å². The van der Waals surface area contributed by atoms with Crippen LogP contribution in [0.4, 0.5) is 10.1 Å². The third-order valence-corrected chi connectivity index (χ3v) is 1.94. The first-order chi connectivity index (χ1) is 7.04. The molecule has 4 N–H and O–H groups in total. The molecule has 0 atom stereocenters. The second-order valence-corrected chi connectivity index (χ2v) is 3.08. The van der Waals surface area contributed by atoms with Crippen molar-refractivity contribution in [2.75, 3.05) is 5.88 Å². The Kier molecular flexibility index (Phi) is 4.08. The minimum absolute atomic E-state index is 0.0122. The van der Waals surface area contributed by atoms with Crippen molar-refractivity contribution < 1.29 is 14.4 Å². The predicted octanol–water partition coefficient (Wildman–Crippen LogP) is -0.267. The summed E-state index contributed by atoms with van der Waals surface area (Å²) in [6.45, 7) is 0. The zero-order valence-corrected chi connectivity index (χ0v) is 8.45. The van der Waals surface area contributed by atoms with Crippen molar-refractivity contribution in [1.29, 1.82) is 0 Å². The number of amidine groups is 1. The number of nitrogens with two attached hydrogens (primary N) is 1. The summed E-state index contributed by atoms with van der Waals surface area (Å²) in [7, 11) is -1.80. The van der Waals surface area contributed by atoms with Gasteiger partial charge in [-0.25, -0.2) is 9.38 Å². The van der Waals surface area contributed by atoms with Crippen LogP contribution in [0.25, 0.3) is 0 Å². The molecule has 7 heteroatoms. The summed E-state index contributed by atoms with van der Waals surface area (Å²) in [6, 6.07) is 3.42. The van der Waals surface area contributed by atoms with Gasteiger partial charge in [-0.2, -0.15) is 0 Å². The van der Waals surface area contributed by atoms with Crippen LogP contribution in [0.2, 0.25) is 0 Å². The van der Waals surface area contributed by atoms with Gasteiger partial charge in [-0.05, 0) is 18.2 Å². The van der Waals surface area contributed by atoms with E-state index in [-0.39, 0.29) is 22.9 Å². The van der Waals surface area contributed by atoms with Gasteiger partial charge < -0.3 is 15.8 Å². The van der Waals surface area contributed by atoms with E-state index in [4.69, 9.17) is 27.4 Å². The molecule has 0 aliphatic rings. The highest BCUT2D eigenvalue weighted by Gasteiger charge is 2.16. The summed E-state index contributed by atoms with van der Waals surface area (Å²) >= 11 is 5.41. The van der Waals surface area contributed by atoms with E-state index in [1.165, 1.54) is 6.07 Å². The first-order valence-electron chi connectivity index (χ1n) is 4.09. The third kappa shape index (κ3) is 3.19. The van der Waals surface area contributed by atoms with Gasteiger partial charge in [0.25, 0.3) is 0 Å². The lowest BCUT2D eigenvalue weighted by Crippen LogP contribution is -2.31. The van der Waals surface area contributed by atoms with Gasteiger partial charge in [0, 0.05) is 5.46 Å². The molecule has 0 spiro atoms. The van der Waals surface area contributed by atoms with Crippen molar-refractivity contribution >= 4 is 35.7 Å². The molecule has 0 aliphatic carbocycles. The number of benzene rings is 1. The predicted molar refractivity (Wildman–Crippen MR) is 58.2 cm³/mol. The number of rotatable bonds is 3. The van der Waals surface area contributed by atoms with Crippen LogP contribution in [0.3, 0.4) is 0 Å². The van der Waals surface area contributed by atoms with E-state index >= 15 is 0 Å². The molecular formula is C8H9BClFN2O2. The topological polar surface area (TPSA) is 78.8 Å². The average Bonchev–Trinajstić information content (AvgIpc) is 2.20. The fraction of sp³-hybridized carbons (Fsp3) is 0.125. The second kappa shape index (κ2) is 5.11. The number of nitrogens with zero attached hydrogens (tertiary/aromatic N) is 1. The van der Waals surface area contributed by atoms with Crippen molar-refractivity contribution in [3.05, 3.63) is 24.0 Å². The summed E-state index contributed by atoms with van der Waals surface area (Å²) in [5.74, 6) is -0.454.